The van der Waals surface area contributed by atoms with Gasteiger partial charge in [-0.1, -0.05) is 38.2 Å². The van der Waals surface area contributed by atoms with Crippen molar-refractivity contribution in [3.63, 3.8) is 0 Å². The van der Waals surface area contributed by atoms with Gasteiger partial charge < -0.3 is 4.84 Å². The van der Waals surface area contributed by atoms with Crippen LogP contribution in [0, 0.1) is 0 Å². The van der Waals surface area contributed by atoms with Gasteiger partial charge in [0.2, 0.25) is 0 Å². The maximum Gasteiger partial charge on any atom is 0.145 e. The lowest BCUT2D eigenvalue weighted by Crippen LogP contribution is -2.17. The third-order valence-corrected chi connectivity index (χ3v) is 2.26. The van der Waals surface area contributed by atoms with Gasteiger partial charge in [0.15, 0.2) is 0 Å². The van der Waals surface area contributed by atoms with Crippen molar-refractivity contribution < 1.29 is 4.84 Å². The van der Waals surface area contributed by atoms with Crippen molar-refractivity contribution in [3.8, 4) is 0 Å². The third kappa shape index (κ3) is 4.43. The van der Waals surface area contributed by atoms with E-state index in [-0.39, 0.29) is 0 Å². The van der Waals surface area contributed by atoms with Gasteiger partial charge in [-0.15, -0.1) is 0 Å². The maximum absolute atomic E-state index is 5.13. The molecule has 0 aromatic heterocycles. The Morgan fingerprint density at radius 1 is 1.38 bits per heavy atom. The van der Waals surface area contributed by atoms with Crippen LogP contribution in [0.15, 0.2) is 12.0 Å². The van der Waals surface area contributed by atoms with E-state index in [2.05, 4.69) is 25.3 Å². The average molecular weight is 202 g/mol. The van der Waals surface area contributed by atoms with Crippen LogP contribution in [0.5, 0.6) is 0 Å². The third-order valence-electron chi connectivity index (χ3n) is 2.06. The summed E-state index contributed by atoms with van der Waals surface area (Å²) in [5.41, 5.74) is 2.63. The van der Waals surface area contributed by atoms with Crippen molar-refractivity contribution >= 4 is 12.8 Å². The van der Waals surface area contributed by atoms with E-state index in [1.165, 1.54) is 36.5 Å². The minimum absolute atomic E-state index is 0.978. The van der Waals surface area contributed by atoms with Crippen LogP contribution < -0.4 is 5.59 Å². The molecule has 0 saturated heterocycles. The SMILES string of the molecule is CCCCCCCC1=CN(S)NO1. The Hall–Kier alpha value is -0.350. The Kier molecular flexibility index (Phi) is 5.08. The van der Waals surface area contributed by atoms with Gasteiger partial charge in [0, 0.05) is 6.42 Å². The number of nitrogens with one attached hydrogen (secondary N) is 1. The van der Waals surface area contributed by atoms with Crippen LogP contribution in [0.1, 0.15) is 45.4 Å². The van der Waals surface area contributed by atoms with Gasteiger partial charge in [0.1, 0.15) is 5.76 Å². The van der Waals surface area contributed by atoms with Crippen LogP contribution in [-0.2, 0) is 4.84 Å². The molecule has 1 N–H and O–H groups in total. The lowest BCUT2D eigenvalue weighted by atomic mass is 10.1. The highest BCUT2D eigenvalue weighted by atomic mass is 32.1. The standard InChI is InChI=1S/C9H18N2OS/c1-2-3-4-5-6-7-9-8-11(13)10-12-9/h8,10,13H,2-7H2,1H3. The molecule has 1 aliphatic heterocycles. The number of hydrogen-bond donors (Lipinski definition) is 2. The van der Waals surface area contributed by atoms with Gasteiger partial charge >= 0.3 is 0 Å². The molecule has 76 valence electrons. The molecule has 0 atom stereocenters. The zero-order valence-corrected chi connectivity index (χ0v) is 9.02. The molecule has 13 heavy (non-hydrogen) atoms. The lowest BCUT2D eigenvalue weighted by Gasteiger charge is -2.02. The summed E-state index contributed by atoms with van der Waals surface area (Å²) < 4.78 is 1.53. The summed E-state index contributed by atoms with van der Waals surface area (Å²) in [6, 6.07) is 0. The van der Waals surface area contributed by atoms with Gasteiger partial charge in [0.05, 0.1) is 6.20 Å². The molecule has 3 nitrogen and oxygen atoms in total. The molecule has 1 heterocycles. The van der Waals surface area contributed by atoms with Crippen LogP contribution in [0.2, 0.25) is 0 Å². The first-order chi connectivity index (χ1) is 6.33. The molecule has 0 fully saturated rings. The van der Waals surface area contributed by atoms with Crippen molar-refractivity contribution in [1.29, 1.82) is 0 Å². The predicted octanol–water partition coefficient (Wildman–Crippen LogP) is 2.78. The quantitative estimate of drug-likeness (QED) is 0.511. The molecule has 0 amide bonds. The number of thiol groups is 1. The van der Waals surface area contributed by atoms with Crippen molar-refractivity contribution in [2.24, 2.45) is 0 Å². The molecular formula is C9H18N2OS. The van der Waals surface area contributed by atoms with Gasteiger partial charge in [-0.3, -0.25) is 0 Å². The van der Waals surface area contributed by atoms with E-state index in [0.717, 1.165) is 12.2 Å². The topological polar surface area (TPSA) is 24.5 Å². The molecule has 0 spiro atoms. The predicted molar refractivity (Wildman–Crippen MR) is 56.5 cm³/mol. The number of hydrazine groups is 1. The number of unbranched alkanes of at least 4 members (excludes halogenated alkanes) is 4. The molecule has 0 aromatic rings. The molecular weight excluding hydrogens is 184 g/mol. The second-order valence-electron chi connectivity index (χ2n) is 3.30. The minimum atomic E-state index is 0.978. The number of nitrogens with zero attached hydrogens (tertiary/aromatic N) is 1. The molecule has 0 aliphatic carbocycles. The zero-order chi connectivity index (χ0) is 9.52. The van der Waals surface area contributed by atoms with Crippen LogP contribution in [0.4, 0.5) is 0 Å². The number of rotatable bonds is 6. The minimum Gasteiger partial charge on any atom is -0.391 e. The molecule has 0 saturated carbocycles. The van der Waals surface area contributed by atoms with Gasteiger partial charge in [-0.2, -0.15) is 0 Å². The zero-order valence-electron chi connectivity index (χ0n) is 8.12. The van der Waals surface area contributed by atoms with Crippen molar-refractivity contribution in [2.45, 2.75) is 45.4 Å². The monoisotopic (exact) mass is 202 g/mol. The van der Waals surface area contributed by atoms with Crippen molar-refractivity contribution in [3.05, 3.63) is 12.0 Å². The highest BCUT2D eigenvalue weighted by Gasteiger charge is 2.08. The van der Waals surface area contributed by atoms with Crippen molar-refractivity contribution in [1.82, 2.24) is 10.0 Å². The molecule has 4 heteroatoms. The fraction of sp³-hybridized carbons (Fsp3) is 0.778. The van der Waals surface area contributed by atoms with E-state index < -0.39 is 0 Å². The average Bonchev–Trinajstić information content (AvgIpc) is 2.51. The smallest absolute Gasteiger partial charge is 0.145 e. The first kappa shape index (κ1) is 10.7. The summed E-state index contributed by atoms with van der Waals surface area (Å²) in [5.74, 6) is 0.978. The lowest BCUT2D eigenvalue weighted by molar-refractivity contribution is 0.0655. The van der Waals surface area contributed by atoms with Crippen LogP contribution in [0.3, 0.4) is 0 Å². The van der Waals surface area contributed by atoms with Crippen molar-refractivity contribution in [2.75, 3.05) is 0 Å². The Balaban J connectivity index is 1.97. The fourth-order valence-electron chi connectivity index (χ4n) is 1.31. The van der Waals surface area contributed by atoms with E-state index >= 15 is 0 Å². The summed E-state index contributed by atoms with van der Waals surface area (Å²) in [4.78, 5) is 5.13. The van der Waals surface area contributed by atoms with Crippen LogP contribution >= 0.6 is 12.8 Å². The van der Waals surface area contributed by atoms with E-state index in [1.54, 1.807) is 0 Å². The molecule has 1 aliphatic rings. The van der Waals surface area contributed by atoms with Gasteiger partial charge in [0.25, 0.3) is 0 Å². The molecule has 0 radical (unpaired) electrons. The Morgan fingerprint density at radius 3 is 2.77 bits per heavy atom. The number of hydrogen-bond acceptors (Lipinski definition) is 4. The Morgan fingerprint density at radius 2 is 2.15 bits per heavy atom. The molecule has 1 rings (SSSR count). The summed E-state index contributed by atoms with van der Waals surface area (Å²) in [5, 5.41) is 0. The first-order valence-electron chi connectivity index (χ1n) is 4.94. The highest BCUT2D eigenvalue weighted by molar-refractivity contribution is 7.77. The summed E-state index contributed by atoms with van der Waals surface area (Å²) in [7, 11) is 0. The van der Waals surface area contributed by atoms with Gasteiger partial charge in [-0.25, -0.2) is 4.41 Å². The molecule has 0 aromatic carbocycles. The number of allylic oxidation sites excluding steroid dienone is 1. The Bertz CT molecular complexity index is 173. The fourth-order valence-corrected chi connectivity index (χ4v) is 1.48. The first-order valence-corrected chi connectivity index (χ1v) is 5.34. The van der Waals surface area contributed by atoms with E-state index in [0.29, 0.717) is 0 Å². The van der Waals surface area contributed by atoms with E-state index in [9.17, 15) is 0 Å². The highest BCUT2D eigenvalue weighted by Crippen LogP contribution is 2.15. The Labute approximate surface area is 85.6 Å². The second-order valence-corrected chi connectivity index (χ2v) is 3.73. The summed E-state index contributed by atoms with van der Waals surface area (Å²) >= 11 is 4.05. The van der Waals surface area contributed by atoms with Gasteiger partial charge in [-0.05, 0) is 19.2 Å². The maximum atomic E-state index is 5.13. The molecule has 0 unspecified atom stereocenters. The summed E-state index contributed by atoms with van der Waals surface area (Å²) in [6.45, 7) is 2.23. The largest absolute Gasteiger partial charge is 0.391 e. The second kappa shape index (κ2) is 6.16. The van der Waals surface area contributed by atoms with Crippen LogP contribution in [0.25, 0.3) is 0 Å². The van der Waals surface area contributed by atoms with E-state index in [1.807, 2.05) is 6.20 Å². The normalized spacial score (nSPS) is 15.8. The van der Waals surface area contributed by atoms with E-state index in [4.69, 9.17) is 4.84 Å². The van der Waals surface area contributed by atoms with Crippen LogP contribution in [-0.4, -0.2) is 4.41 Å². The molecule has 0 bridgehead atoms. The summed E-state index contributed by atoms with van der Waals surface area (Å²) in [6.07, 6.45) is 9.34.